The molecule has 10 heteroatoms. The van der Waals surface area contributed by atoms with Crippen LogP contribution in [0.3, 0.4) is 0 Å². The van der Waals surface area contributed by atoms with Gasteiger partial charge in [-0.25, -0.2) is 8.42 Å². The second kappa shape index (κ2) is 10.1. The minimum atomic E-state index is -4.63. The van der Waals surface area contributed by atoms with E-state index in [0.717, 1.165) is 49.7 Å². The zero-order valence-corrected chi connectivity index (χ0v) is 19.4. The summed E-state index contributed by atoms with van der Waals surface area (Å²) in [5, 5.41) is 2.68. The van der Waals surface area contributed by atoms with Crippen molar-refractivity contribution < 1.29 is 26.4 Å². The minimum Gasteiger partial charge on any atom is -0.350 e. The average molecular weight is 484 g/mol. The molecule has 0 saturated carbocycles. The van der Waals surface area contributed by atoms with Gasteiger partial charge < -0.3 is 5.32 Å². The van der Waals surface area contributed by atoms with Crippen molar-refractivity contribution >= 4 is 21.6 Å². The third kappa shape index (κ3) is 6.70. The molecule has 1 fully saturated rings. The summed E-state index contributed by atoms with van der Waals surface area (Å²) >= 11 is 0. The highest BCUT2D eigenvalue weighted by Gasteiger charge is 2.34. The van der Waals surface area contributed by atoms with E-state index in [0.29, 0.717) is 4.31 Å². The summed E-state index contributed by atoms with van der Waals surface area (Å²) in [5.41, 5.74) is 0.801. The number of halogens is 3. The first-order chi connectivity index (χ1) is 15.4. The van der Waals surface area contributed by atoms with Gasteiger partial charge in [-0.15, -0.1) is 0 Å². The SMILES string of the molecule is C[C@@H](C(=O)NCc1ccc(CN2CCCC2)cc1)N(c1cccc(C(F)(F)F)c1)S(C)(=O)=O. The number of hydrogen-bond acceptors (Lipinski definition) is 4. The third-order valence-corrected chi connectivity index (χ3v) is 6.85. The van der Waals surface area contributed by atoms with E-state index in [-0.39, 0.29) is 12.2 Å². The molecule has 2 aromatic rings. The summed E-state index contributed by atoms with van der Waals surface area (Å²) < 4.78 is 64.7. The molecule has 0 aromatic heterocycles. The second-order valence-electron chi connectivity index (χ2n) is 8.30. The van der Waals surface area contributed by atoms with E-state index in [1.165, 1.54) is 31.4 Å². The van der Waals surface area contributed by atoms with E-state index in [1.54, 1.807) is 0 Å². The van der Waals surface area contributed by atoms with Crippen LogP contribution in [0.1, 0.15) is 36.5 Å². The second-order valence-corrected chi connectivity index (χ2v) is 10.2. The molecular weight excluding hydrogens is 455 g/mol. The Morgan fingerprint density at radius 3 is 2.27 bits per heavy atom. The molecule has 180 valence electrons. The van der Waals surface area contributed by atoms with Gasteiger partial charge in [0.2, 0.25) is 15.9 Å². The molecule has 6 nitrogen and oxygen atoms in total. The van der Waals surface area contributed by atoms with Gasteiger partial charge in [-0.2, -0.15) is 13.2 Å². The van der Waals surface area contributed by atoms with Gasteiger partial charge >= 0.3 is 6.18 Å². The lowest BCUT2D eigenvalue weighted by Gasteiger charge is -2.28. The van der Waals surface area contributed by atoms with Gasteiger partial charge in [0.15, 0.2) is 0 Å². The monoisotopic (exact) mass is 483 g/mol. The Labute approximate surface area is 192 Å². The van der Waals surface area contributed by atoms with Crippen molar-refractivity contribution in [1.82, 2.24) is 10.2 Å². The molecule has 1 atom stereocenters. The van der Waals surface area contributed by atoms with Crippen LogP contribution in [0.2, 0.25) is 0 Å². The Morgan fingerprint density at radius 2 is 1.70 bits per heavy atom. The van der Waals surface area contributed by atoms with Crippen molar-refractivity contribution in [2.24, 2.45) is 0 Å². The number of likely N-dealkylation sites (tertiary alicyclic amines) is 1. The van der Waals surface area contributed by atoms with Gasteiger partial charge in [-0.05, 0) is 62.2 Å². The van der Waals surface area contributed by atoms with Crippen LogP contribution in [-0.2, 0) is 34.1 Å². The number of nitrogens with one attached hydrogen (secondary N) is 1. The molecule has 1 heterocycles. The first kappa shape index (κ1) is 25.0. The zero-order valence-electron chi connectivity index (χ0n) is 18.6. The molecule has 0 bridgehead atoms. The number of carbonyl (C=O) groups excluding carboxylic acids is 1. The smallest absolute Gasteiger partial charge is 0.350 e. The fourth-order valence-corrected chi connectivity index (χ4v) is 5.09. The average Bonchev–Trinajstić information content (AvgIpc) is 3.25. The summed E-state index contributed by atoms with van der Waals surface area (Å²) in [6.07, 6.45) is -1.34. The van der Waals surface area contributed by atoms with Crippen LogP contribution in [0.25, 0.3) is 0 Å². The van der Waals surface area contributed by atoms with E-state index in [2.05, 4.69) is 10.2 Å². The molecule has 1 aliphatic rings. The van der Waals surface area contributed by atoms with Crippen LogP contribution >= 0.6 is 0 Å². The third-order valence-electron chi connectivity index (χ3n) is 5.61. The van der Waals surface area contributed by atoms with E-state index in [4.69, 9.17) is 0 Å². The normalized spacial score (nSPS) is 15.9. The number of hydrogen-bond donors (Lipinski definition) is 1. The zero-order chi connectivity index (χ0) is 24.2. The molecule has 1 saturated heterocycles. The van der Waals surface area contributed by atoms with Gasteiger partial charge in [0.05, 0.1) is 17.5 Å². The molecular formula is C23H28F3N3O3S. The maximum atomic E-state index is 13.1. The summed E-state index contributed by atoms with van der Waals surface area (Å²) in [5.74, 6) is -0.612. The lowest BCUT2D eigenvalue weighted by molar-refractivity contribution is -0.137. The lowest BCUT2D eigenvalue weighted by Crippen LogP contribution is -2.47. The number of benzene rings is 2. The summed E-state index contributed by atoms with van der Waals surface area (Å²) in [4.78, 5) is 15.1. The Morgan fingerprint density at radius 1 is 1.09 bits per heavy atom. The highest BCUT2D eigenvalue weighted by molar-refractivity contribution is 7.92. The molecule has 1 N–H and O–H groups in total. The Bertz CT molecular complexity index is 1070. The van der Waals surface area contributed by atoms with Crippen molar-refractivity contribution in [2.45, 2.75) is 45.1 Å². The van der Waals surface area contributed by atoms with Gasteiger partial charge in [-0.3, -0.25) is 14.0 Å². The Hall–Kier alpha value is -2.59. The van der Waals surface area contributed by atoms with Gasteiger partial charge in [0, 0.05) is 13.1 Å². The maximum Gasteiger partial charge on any atom is 0.416 e. The fraction of sp³-hybridized carbons (Fsp3) is 0.435. The van der Waals surface area contributed by atoms with Crippen molar-refractivity contribution in [3.8, 4) is 0 Å². The number of nitrogens with zero attached hydrogens (tertiary/aromatic N) is 2. The van der Waals surface area contributed by atoms with Crippen LogP contribution in [0.5, 0.6) is 0 Å². The first-order valence-electron chi connectivity index (χ1n) is 10.7. The first-order valence-corrected chi connectivity index (χ1v) is 12.5. The number of anilines is 1. The van der Waals surface area contributed by atoms with Gasteiger partial charge in [-0.1, -0.05) is 30.3 Å². The molecule has 2 aromatic carbocycles. The van der Waals surface area contributed by atoms with Gasteiger partial charge in [0.1, 0.15) is 6.04 Å². The number of sulfonamides is 1. The summed E-state index contributed by atoms with van der Waals surface area (Å²) in [7, 11) is -4.02. The van der Waals surface area contributed by atoms with E-state index < -0.39 is 33.7 Å². The van der Waals surface area contributed by atoms with Crippen LogP contribution in [0, 0.1) is 0 Å². The van der Waals surface area contributed by atoms with Crippen molar-refractivity contribution in [2.75, 3.05) is 23.7 Å². The minimum absolute atomic E-state index is 0.174. The van der Waals surface area contributed by atoms with Crippen LogP contribution in [-0.4, -0.2) is 44.6 Å². The predicted octanol–water partition coefficient (Wildman–Crippen LogP) is 3.77. The maximum absolute atomic E-state index is 13.1. The Balaban J connectivity index is 1.67. The largest absolute Gasteiger partial charge is 0.416 e. The number of carbonyl (C=O) groups is 1. The fourth-order valence-electron chi connectivity index (χ4n) is 3.93. The highest BCUT2D eigenvalue weighted by Crippen LogP contribution is 2.32. The molecule has 3 rings (SSSR count). The molecule has 0 unspecified atom stereocenters. The number of amides is 1. The topological polar surface area (TPSA) is 69.7 Å². The summed E-state index contributed by atoms with van der Waals surface area (Å²) in [6, 6.07) is 10.5. The molecule has 33 heavy (non-hydrogen) atoms. The number of rotatable bonds is 8. The Kier molecular flexibility index (Phi) is 7.69. The lowest BCUT2D eigenvalue weighted by atomic mass is 10.1. The van der Waals surface area contributed by atoms with Gasteiger partial charge in [0.25, 0.3) is 0 Å². The van der Waals surface area contributed by atoms with Crippen molar-refractivity contribution in [3.63, 3.8) is 0 Å². The molecule has 0 radical (unpaired) electrons. The molecule has 1 amide bonds. The highest BCUT2D eigenvalue weighted by atomic mass is 32.2. The van der Waals surface area contributed by atoms with Crippen molar-refractivity contribution in [1.29, 1.82) is 0 Å². The predicted molar refractivity (Wildman–Crippen MR) is 121 cm³/mol. The van der Waals surface area contributed by atoms with E-state index >= 15 is 0 Å². The summed E-state index contributed by atoms with van der Waals surface area (Å²) in [6.45, 7) is 4.59. The van der Waals surface area contributed by atoms with E-state index in [1.807, 2.05) is 24.3 Å². The molecule has 1 aliphatic heterocycles. The van der Waals surface area contributed by atoms with Crippen molar-refractivity contribution in [3.05, 3.63) is 65.2 Å². The quantitative estimate of drug-likeness (QED) is 0.621. The standard InChI is InChI=1S/C23H28F3N3O3S/c1-17(29(33(2,31)32)21-7-5-6-20(14-21)23(24,25)26)22(30)27-15-18-8-10-19(11-9-18)16-28-12-3-4-13-28/h5-11,14,17H,3-4,12-13,15-16H2,1-2H3,(H,27,30)/t17-/m0/s1. The van der Waals surface area contributed by atoms with E-state index in [9.17, 15) is 26.4 Å². The van der Waals surface area contributed by atoms with Crippen LogP contribution < -0.4 is 9.62 Å². The van der Waals surface area contributed by atoms with Crippen LogP contribution in [0.15, 0.2) is 48.5 Å². The van der Waals surface area contributed by atoms with Crippen LogP contribution in [0.4, 0.5) is 18.9 Å². The number of alkyl halides is 3. The molecule has 0 spiro atoms. The molecule has 0 aliphatic carbocycles.